The molecule has 1 unspecified atom stereocenters. The molecule has 2 aliphatic heterocycles. The third-order valence-electron chi connectivity index (χ3n) is 6.05. The number of anilines is 2. The summed E-state index contributed by atoms with van der Waals surface area (Å²) in [7, 11) is 0. The van der Waals surface area contributed by atoms with Crippen molar-refractivity contribution in [3.8, 4) is 0 Å². The van der Waals surface area contributed by atoms with Crippen LogP contribution in [0.4, 0.5) is 16.6 Å². The van der Waals surface area contributed by atoms with E-state index in [1.165, 1.54) is 16.0 Å². The molecule has 2 aromatic rings. The zero-order valence-electron chi connectivity index (χ0n) is 18.6. The number of amides is 1. The molecule has 2 saturated heterocycles. The highest BCUT2D eigenvalue weighted by Crippen LogP contribution is 2.21. The summed E-state index contributed by atoms with van der Waals surface area (Å²) >= 11 is 0. The van der Waals surface area contributed by atoms with Crippen LogP contribution in [0.25, 0.3) is 0 Å². The van der Waals surface area contributed by atoms with Crippen LogP contribution >= 0.6 is 0 Å². The molecule has 4 rings (SSSR count). The van der Waals surface area contributed by atoms with E-state index in [1.807, 2.05) is 0 Å². The van der Waals surface area contributed by atoms with Crippen LogP contribution in [-0.4, -0.2) is 71.2 Å². The minimum Gasteiger partial charge on any atom is -0.447 e. The van der Waals surface area contributed by atoms with Gasteiger partial charge in [0, 0.05) is 45.0 Å². The average molecular weight is 425 g/mol. The lowest BCUT2D eigenvalue weighted by Gasteiger charge is -2.37. The number of rotatable bonds is 7. The first-order chi connectivity index (χ1) is 15.0. The first-order valence-corrected chi connectivity index (χ1v) is 11.1. The van der Waals surface area contributed by atoms with Gasteiger partial charge in [-0.3, -0.25) is 14.7 Å². The third-order valence-corrected chi connectivity index (χ3v) is 6.05. The third kappa shape index (κ3) is 5.32. The van der Waals surface area contributed by atoms with E-state index in [-0.39, 0.29) is 12.1 Å². The van der Waals surface area contributed by atoms with Crippen molar-refractivity contribution in [3.05, 3.63) is 47.7 Å². The van der Waals surface area contributed by atoms with Crippen molar-refractivity contribution in [1.82, 2.24) is 19.8 Å². The van der Waals surface area contributed by atoms with E-state index in [4.69, 9.17) is 4.74 Å². The second-order valence-corrected chi connectivity index (χ2v) is 8.52. The van der Waals surface area contributed by atoms with E-state index in [1.54, 1.807) is 12.3 Å². The summed E-state index contributed by atoms with van der Waals surface area (Å²) in [6.45, 7) is 13.0. The molecule has 1 amide bonds. The summed E-state index contributed by atoms with van der Waals surface area (Å²) < 4.78 is 4.99. The van der Waals surface area contributed by atoms with Crippen LogP contribution in [0.15, 0.2) is 36.5 Å². The molecule has 166 valence electrons. The van der Waals surface area contributed by atoms with Crippen LogP contribution in [0.2, 0.25) is 0 Å². The molecule has 0 bridgehead atoms. The van der Waals surface area contributed by atoms with E-state index in [0.717, 1.165) is 32.7 Å². The minimum atomic E-state index is -0.362. The lowest BCUT2D eigenvalue weighted by molar-refractivity contribution is 0.104. The Morgan fingerprint density at radius 1 is 1.03 bits per heavy atom. The Hall–Kier alpha value is -2.71. The van der Waals surface area contributed by atoms with Crippen LogP contribution < -0.4 is 10.2 Å². The predicted octanol–water partition coefficient (Wildman–Crippen LogP) is 3.13. The van der Waals surface area contributed by atoms with Crippen molar-refractivity contribution in [2.75, 3.05) is 49.5 Å². The second-order valence-electron chi connectivity index (χ2n) is 8.52. The Balaban J connectivity index is 1.32. The van der Waals surface area contributed by atoms with Crippen molar-refractivity contribution in [1.29, 1.82) is 0 Å². The van der Waals surface area contributed by atoms with Crippen LogP contribution in [0.3, 0.4) is 0 Å². The van der Waals surface area contributed by atoms with E-state index < -0.39 is 0 Å². The molecule has 3 heterocycles. The number of hydrogen-bond donors (Lipinski definition) is 1. The van der Waals surface area contributed by atoms with Gasteiger partial charge in [-0.25, -0.2) is 9.78 Å². The number of benzene rings is 1. The van der Waals surface area contributed by atoms with Gasteiger partial charge in [0.2, 0.25) is 5.95 Å². The first kappa shape index (κ1) is 21.5. The molecule has 8 nitrogen and oxygen atoms in total. The number of cyclic esters (lactones) is 1. The van der Waals surface area contributed by atoms with E-state index >= 15 is 0 Å². The standard InChI is InChI=1S/C23H32N6O2/c1-17(2)28-12-10-27(11-13-28)16-19-4-6-20(7-5-19)18(3)25-22-24-9-8-21(26-22)29-14-15-31-23(29)30/h4-9,17-18H,10-16H2,1-3H3,(H,24,25,26). The maximum absolute atomic E-state index is 11.8. The SMILES string of the molecule is CC(Nc1nccc(N2CCOC2=O)n1)c1ccc(CN2CCN(C(C)C)CC2)cc1. The lowest BCUT2D eigenvalue weighted by atomic mass is 10.1. The quantitative estimate of drug-likeness (QED) is 0.732. The second kappa shape index (κ2) is 9.62. The van der Waals surface area contributed by atoms with E-state index in [0.29, 0.717) is 31.0 Å². The Kier molecular flexibility index (Phi) is 6.67. The first-order valence-electron chi connectivity index (χ1n) is 11.1. The topological polar surface area (TPSA) is 73.8 Å². The number of carbonyl (C=O) groups excluding carboxylic acids is 1. The summed E-state index contributed by atoms with van der Waals surface area (Å²) in [4.78, 5) is 27.1. The number of hydrogen-bond acceptors (Lipinski definition) is 7. The van der Waals surface area contributed by atoms with Crippen LogP contribution in [0.5, 0.6) is 0 Å². The zero-order valence-corrected chi connectivity index (χ0v) is 18.6. The van der Waals surface area contributed by atoms with Gasteiger partial charge in [-0.15, -0.1) is 0 Å². The van der Waals surface area contributed by atoms with Crippen LogP contribution in [0.1, 0.15) is 37.9 Å². The highest BCUT2D eigenvalue weighted by molar-refractivity contribution is 5.88. The van der Waals surface area contributed by atoms with Gasteiger partial charge >= 0.3 is 6.09 Å². The lowest BCUT2D eigenvalue weighted by Crippen LogP contribution is -2.48. The molecule has 0 aliphatic carbocycles. The highest BCUT2D eigenvalue weighted by Gasteiger charge is 2.25. The van der Waals surface area contributed by atoms with Gasteiger partial charge in [-0.1, -0.05) is 24.3 Å². The van der Waals surface area contributed by atoms with Crippen molar-refractivity contribution >= 4 is 17.9 Å². The van der Waals surface area contributed by atoms with Gasteiger partial charge in [0.1, 0.15) is 12.4 Å². The number of nitrogens with one attached hydrogen (secondary N) is 1. The Morgan fingerprint density at radius 2 is 1.77 bits per heavy atom. The van der Waals surface area contributed by atoms with Gasteiger partial charge in [0.15, 0.2) is 0 Å². The maximum Gasteiger partial charge on any atom is 0.415 e. The van der Waals surface area contributed by atoms with E-state index in [9.17, 15) is 4.79 Å². The number of carbonyl (C=O) groups is 1. The predicted molar refractivity (Wildman–Crippen MR) is 121 cm³/mol. The minimum absolute atomic E-state index is 0.0458. The Bertz CT molecular complexity index is 880. The van der Waals surface area contributed by atoms with E-state index in [2.05, 4.69) is 70.1 Å². The number of piperazine rings is 1. The molecule has 1 N–H and O–H groups in total. The summed E-state index contributed by atoms with van der Waals surface area (Å²) in [5.41, 5.74) is 2.50. The number of ether oxygens (including phenoxy) is 1. The summed E-state index contributed by atoms with van der Waals surface area (Å²) in [6, 6.07) is 11.1. The van der Waals surface area contributed by atoms with Crippen molar-refractivity contribution < 1.29 is 9.53 Å². The van der Waals surface area contributed by atoms with Gasteiger partial charge in [-0.05, 0) is 38.0 Å². The molecule has 0 radical (unpaired) electrons. The average Bonchev–Trinajstić information content (AvgIpc) is 3.21. The number of aromatic nitrogens is 2. The molecular formula is C23H32N6O2. The summed E-state index contributed by atoms with van der Waals surface area (Å²) in [5, 5.41) is 3.34. The monoisotopic (exact) mass is 424 g/mol. The largest absolute Gasteiger partial charge is 0.447 e. The normalized spacial score (nSPS) is 19.0. The molecule has 31 heavy (non-hydrogen) atoms. The molecule has 8 heteroatoms. The molecule has 1 aromatic carbocycles. The Labute approximate surface area is 184 Å². The fourth-order valence-corrected chi connectivity index (χ4v) is 4.06. The zero-order chi connectivity index (χ0) is 21.8. The van der Waals surface area contributed by atoms with Gasteiger partial charge in [-0.2, -0.15) is 4.98 Å². The molecule has 1 aromatic heterocycles. The fourth-order valence-electron chi connectivity index (χ4n) is 4.06. The van der Waals surface area contributed by atoms with Gasteiger partial charge < -0.3 is 10.1 Å². The highest BCUT2D eigenvalue weighted by atomic mass is 16.6. The van der Waals surface area contributed by atoms with Crippen molar-refractivity contribution in [2.24, 2.45) is 0 Å². The molecule has 2 aliphatic rings. The summed E-state index contributed by atoms with van der Waals surface area (Å²) in [6.07, 6.45) is 1.30. The van der Waals surface area contributed by atoms with Crippen LogP contribution in [0, 0.1) is 0 Å². The van der Waals surface area contributed by atoms with Crippen molar-refractivity contribution in [2.45, 2.75) is 39.4 Å². The smallest absolute Gasteiger partial charge is 0.415 e. The number of nitrogens with zero attached hydrogens (tertiary/aromatic N) is 5. The van der Waals surface area contributed by atoms with Crippen molar-refractivity contribution in [3.63, 3.8) is 0 Å². The maximum atomic E-state index is 11.8. The van der Waals surface area contributed by atoms with Crippen LogP contribution in [-0.2, 0) is 11.3 Å². The molecule has 0 saturated carbocycles. The molecule has 2 fully saturated rings. The Morgan fingerprint density at radius 3 is 2.42 bits per heavy atom. The summed E-state index contributed by atoms with van der Waals surface area (Å²) in [5.74, 6) is 1.05. The fraction of sp³-hybridized carbons (Fsp3) is 0.522. The van der Waals surface area contributed by atoms with Gasteiger partial charge in [0.05, 0.1) is 12.6 Å². The molecule has 1 atom stereocenters. The molecular weight excluding hydrogens is 392 g/mol. The van der Waals surface area contributed by atoms with Gasteiger partial charge in [0.25, 0.3) is 0 Å². The molecule has 0 spiro atoms.